The molecule has 0 radical (unpaired) electrons. The van der Waals surface area contributed by atoms with Crippen LogP contribution in [0.15, 0.2) is 78.9 Å². The Kier molecular flexibility index (Phi) is 9.03. The Labute approximate surface area is 204 Å². The molecule has 0 unspecified atom stereocenters. The average molecular weight is 457 g/mol. The zero-order chi connectivity index (χ0) is 24.5. The third-order valence-electron chi connectivity index (χ3n) is 6.35. The van der Waals surface area contributed by atoms with Gasteiger partial charge < -0.3 is 10.2 Å². The minimum Gasteiger partial charge on any atom is -0.352 e. The van der Waals surface area contributed by atoms with Crippen molar-refractivity contribution in [3.05, 3.63) is 107 Å². The van der Waals surface area contributed by atoms with E-state index in [0.717, 1.165) is 34.2 Å². The Morgan fingerprint density at radius 3 is 2.15 bits per heavy atom. The number of hydrogen-bond donors (Lipinski definition) is 1. The number of nitrogens with one attached hydrogen (secondary N) is 1. The zero-order valence-electron chi connectivity index (χ0n) is 20.8. The molecule has 0 aliphatic heterocycles. The van der Waals surface area contributed by atoms with Gasteiger partial charge in [0.05, 0.1) is 6.42 Å². The minimum atomic E-state index is -0.603. The van der Waals surface area contributed by atoms with Crippen LogP contribution in [0.4, 0.5) is 0 Å². The zero-order valence-corrected chi connectivity index (χ0v) is 20.8. The molecule has 178 valence electrons. The first kappa shape index (κ1) is 25.2. The lowest BCUT2D eigenvalue weighted by molar-refractivity contribution is -0.141. The van der Waals surface area contributed by atoms with Crippen molar-refractivity contribution in [1.29, 1.82) is 0 Å². The second-order valence-electron chi connectivity index (χ2n) is 9.13. The SMILES string of the molecule is CC[C@@H](C)NC(=O)[C@@H](Cc1ccccc1)N(Cc1ccc(C)cc1)C(=O)Cc1ccccc1C. The molecule has 4 nitrogen and oxygen atoms in total. The van der Waals surface area contributed by atoms with Gasteiger partial charge in [-0.2, -0.15) is 0 Å². The van der Waals surface area contributed by atoms with E-state index in [-0.39, 0.29) is 24.3 Å². The van der Waals surface area contributed by atoms with Crippen molar-refractivity contribution < 1.29 is 9.59 Å². The molecule has 3 rings (SSSR count). The van der Waals surface area contributed by atoms with Gasteiger partial charge in [0.25, 0.3) is 0 Å². The molecule has 0 bridgehead atoms. The van der Waals surface area contributed by atoms with Gasteiger partial charge in [0.15, 0.2) is 0 Å². The standard InChI is InChI=1S/C30H36N2O2/c1-5-24(4)31-30(34)28(19-25-12-7-6-8-13-25)32(21-26-17-15-22(2)16-18-26)29(33)20-27-14-10-9-11-23(27)3/h6-18,24,28H,5,19-21H2,1-4H3,(H,31,34)/t24-,28-/m1/s1. The summed E-state index contributed by atoms with van der Waals surface area (Å²) in [6.45, 7) is 8.49. The number of hydrogen-bond acceptors (Lipinski definition) is 2. The minimum absolute atomic E-state index is 0.0402. The van der Waals surface area contributed by atoms with Crippen LogP contribution < -0.4 is 5.32 Å². The fourth-order valence-electron chi connectivity index (χ4n) is 3.96. The number of carbonyl (C=O) groups excluding carboxylic acids is 2. The number of carbonyl (C=O) groups is 2. The summed E-state index contributed by atoms with van der Waals surface area (Å²) in [5.74, 6) is -0.154. The normalized spacial score (nSPS) is 12.6. The molecule has 2 amide bonds. The van der Waals surface area contributed by atoms with Crippen LogP contribution in [0.5, 0.6) is 0 Å². The molecule has 0 aliphatic carbocycles. The van der Waals surface area contributed by atoms with E-state index in [0.29, 0.717) is 13.0 Å². The first-order valence-corrected chi connectivity index (χ1v) is 12.1. The van der Waals surface area contributed by atoms with Crippen LogP contribution in [0.1, 0.15) is 48.1 Å². The number of amides is 2. The van der Waals surface area contributed by atoms with Gasteiger partial charge in [0.2, 0.25) is 11.8 Å². The highest BCUT2D eigenvalue weighted by molar-refractivity contribution is 5.89. The van der Waals surface area contributed by atoms with Crippen LogP contribution in [0.25, 0.3) is 0 Å². The maximum atomic E-state index is 13.8. The van der Waals surface area contributed by atoms with E-state index in [1.807, 2.05) is 107 Å². The Morgan fingerprint density at radius 2 is 1.50 bits per heavy atom. The predicted octanol–water partition coefficient (Wildman–Crippen LogP) is 5.40. The van der Waals surface area contributed by atoms with E-state index in [9.17, 15) is 9.59 Å². The third kappa shape index (κ3) is 7.05. The average Bonchev–Trinajstić information content (AvgIpc) is 2.84. The molecule has 0 fully saturated rings. The monoisotopic (exact) mass is 456 g/mol. The molecular weight excluding hydrogens is 420 g/mol. The first-order valence-electron chi connectivity index (χ1n) is 12.1. The van der Waals surface area contributed by atoms with Gasteiger partial charge in [0.1, 0.15) is 6.04 Å². The smallest absolute Gasteiger partial charge is 0.243 e. The van der Waals surface area contributed by atoms with E-state index >= 15 is 0 Å². The molecule has 3 aromatic rings. The Hall–Kier alpha value is -3.40. The second-order valence-corrected chi connectivity index (χ2v) is 9.13. The van der Waals surface area contributed by atoms with Crippen molar-refractivity contribution in [1.82, 2.24) is 10.2 Å². The summed E-state index contributed by atoms with van der Waals surface area (Å²) in [6.07, 6.45) is 1.56. The molecule has 0 saturated carbocycles. The van der Waals surface area contributed by atoms with Crippen molar-refractivity contribution in [3.63, 3.8) is 0 Å². The van der Waals surface area contributed by atoms with Crippen molar-refractivity contribution in [2.45, 2.75) is 65.6 Å². The number of aryl methyl sites for hydroxylation is 2. The molecule has 4 heteroatoms. The molecule has 0 aromatic heterocycles. The number of benzene rings is 3. The molecule has 0 saturated heterocycles. The summed E-state index contributed by atoms with van der Waals surface area (Å²) in [6, 6.07) is 25.5. The van der Waals surface area contributed by atoms with Gasteiger partial charge in [0, 0.05) is 19.0 Å². The maximum absolute atomic E-state index is 13.8. The summed E-state index contributed by atoms with van der Waals surface area (Å²) >= 11 is 0. The van der Waals surface area contributed by atoms with Crippen LogP contribution in [-0.4, -0.2) is 28.8 Å². The van der Waals surface area contributed by atoms with Crippen LogP contribution in [-0.2, 0) is 29.0 Å². The van der Waals surface area contributed by atoms with Gasteiger partial charge in [-0.15, -0.1) is 0 Å². The van der Waals surface area contributed by atoms with E-state index in [4.69, 9.17) is 0 Å². The highest BCUT2D eigenvalue weighted by Crippen LogP contribution is 2.18. The van der Waals surface area contributed by atoms with Crippen molar-refractivity contribution in [2.24, 2.45) is 0 Å². The maximum Gasteiger partial charge on any atom is 0.243 e. The summed E-state index contributed by atoms with van der Waals surface area (Å²) in [5.41, 5.74) is 5.27. The highest BCUT2D eigenvalue weighted by atomic mass is 16.2. The summed E-state index contributed by atoms with van der Waals surface area (Å²) in [4.78, 5) is 29.1. The van der Waals surface area contributed by atoms with Gasteiger partial charge in [-0.3, -0.25) is 9.59 Å². The van der Waals surface area contributed by atoms with Gasteiger partial charge in [-0.25, -0.2) is 0 Å². The summed E-state index contributed by atoms with van der Waals surface area (Å²) in [7, 11) is 0. The lowest BCUT2D eigenvalue weighted by Gasteiger charge is -2.32. The predicted molar refractivity (Wildman–Crippen MR) is 138 cm³/mol. The molecule has 3 aromatic carbocycles. The quantitative estimate of drug-likeness (QED) is 0.444. The Balaban J connectivity index is 1.97. The Morgan fingerprint density at radius 1 is 0.853 bits per heavy atom. The Bertz CT molecular complexity index is 1080. The van der Waals surface area contributed by atoms with Crippen molar-refractivity contribution >= 4 is 11.8 Å². The lowest BCUT2D eigenvalue weighted by Crippen LogP contribution is -2.52. The van der Waals surface area contributed by atoms with E-state index in [1.165, 1.54) is 0 Å². The molecular formula is C30H36N2O2. The van der Waals surface area contributed by atoms with E-state index < -0.39 is 6.04 Å². The fraction of sp³-hybridized carbons (Fsp3) is 0.333. The molecule has 0 spiro atoms. The second kappa shape index (κ2) is 12.2. The third-order valence-corrected chi connectivity index (χ3v) is 6.35. The van der Waals surface area contributed by atoms with Gasteiger partial charge in [-0.1, -0.05) is 91.3 Å². The number of rotatable bonds is 10. The van der Waals surface area contributed by atoms with Gasteiger partial charge in [-0.05, 0) is 49.4 Å². The topological polar surface area (TPSA) is 49.4 Å². The summed E-state index contributed by atoms with van der Waals surface area (Å²) in [5, 5.41) is 3.12. The molecule has 1 N–H and O–H groups in total. The van der Waals surface area contributed by atoms with Crippen LogP contribution >= 0.6 is 0 Å². The van der Waals surface area contributed by atoms with Crippen LogP contribution in [0, 0.1) is 13.8 Å². The van der Waals surface area contributed by atoms with Crippen molar-refractivity contribution in [3.8, 4) is 0 Å². The molecule has 2 atom stereocenters. The van der Waals surface area contributed by atoms with Crippen LogP contribution in [0.3, 0.4) is 0 Å². The highest BCUT2D eigenvalue weighted by Gasteiger charge is 2.31. The first-order chi connectivity index (χ1) is 16.4. The molecule has 0 aliphatic rings. The molecule has 34 heavy (non-hydrogen) atoms. The van der Waals surface area contributed by atoms with Gasteiger partial charge >= 0.3 is 0 Å². The van der Waals surface area contributed by atoms with E-state index in [1.54, 1.807) is 4.90 Å². The summed E-state index contributed by atoms with van der Waals surface area (Å²) < 4.78 is 0. The van der Waals surface area contributed by atoms with Crippen LogP contribution in [0.2, 0.25) is 0 Å². The fourth-order valence-corrected chi connectivity index (χ4v) is 3.96. The number of nitrogens with zero attached hydrogens (tertiary/aromatic N) is 1. The largest absolute Gasteiger partial charge is 0.352 e. The van der Waals surface area contributed by atoms with E-state index in [2.05, 4.69) is 5.32 Å². The molecule has 0 heterocycles. The van der Waals surface area contributed by atoms with Crippen molar-refractivity contribution in [2.75, 3.05) is 0 Å². The lowest BCUT2D eigenvalue weighted by atomic mass is 10.00.